The maximum absolute atomic E-state index is 12.8. The molecule has 1 aromatic rings. The van der Waals surface area contributed by atoms with Crippen molar-refractivity contribution < 1.29 is 27.5 Å². The summed E-state index contributed by atoms with van der Waals surface area (Å²) in [5.41, 5.74) is -0.668. The molecule has 28 heavy (non-hydrogen) atoms. The fourth-order valence-corrected chi connectivity index (χ4v) is 2.47. The van der Waals surface area contributed by atoms with E-state index in [1.54, 1.807) is 19.9 Å². The molecule has 2 amide bonds. The highest BCUT2D eigenvalue weighted by atomic mass is 19.4. The molecule has 2 unspecified atom stereocenters. The van der Waals surface area contributed by atoms with Crippen LogP contribution in [0.1, 0.15) is 31.1 Å². The lowest BCUT2D eigenvalue weighted by Gasteiger charge is -2.32. The number of rotatable bonds is 6. The van der Waals surface area contributed by atoms with Crippen molar-refractivity contribution in [1.82, 2.24) is 20.9 Å². The summed E-state index contributed by atoms with van der Waals surface area (Å²) < 4.78 is 41.8. The number of carbonyl (C=O) groups excluding carboxylic acids is 2. The second-order valence-electron chi connectivity index (χ2n) is 6.21. The molecular formula is C17H20F3N5O3. The zero-order valence-electron chi connectivity index (χ0n) is 15.4. The van der Waals surface area contributed by atoms with Crippen molar-refractivity contribution in [3.8, 4) is 5.88 Å². The predicted octanol–water partition coefficient (Wildman–Crippen LogP) is 1.49. The Kier molecular flexibility index (Phi) is 6.26. The van der Waals surface area contributed by atoms with Gasteiger partial charge in [0.1, 0.15) is 0 Å². The van der Waals surface area contributed by atoms with Gasteiger partial charge in [-0.25, -0.2) is 4.98 Å². The zero-order valence-corrected chi connectivity index (χ0v) is 15.4. The van der Waals surface area contributed by atoms with E-state index in [-0.39, 0.29) is 5.88 Å². The van der Waals surface area contributed by atoms with Crippen molar-refractivity contribution >= 4 is 18.0 Å². The highest BCUT2D eigenvalue weighted by Gasteiger charge is 2.38. The molecule has 1 aromatic heterocycles. The van der Waals surface area contributed by atoms with Crippen molar-refractivity contribution in [2.45, 2.75) is 38.7 Å². The van der Waals surface area contributed by atoms with Gasteiger partial charge in [-0.3, -0.25) is 14.6 Å². The van der Waals surface area contributed by atoms with Crippen LogP contribution in [0.2, 0.25) is 0 Å². The molecule has 0 aromatic carbocycles. The number of pyridine rings is 1. The number of halogens is 3. The highest BCUT2D eigenvalue weighted by molar-refractivity contribution is 6.06. The molecule has 0 saturated carbocycles. The number of aromatic nitrogens is 1. The third kappa shape index (κ3) is 5.69. The first kappa shape index (κ1) is 21.2. The van der Waals surface area contributed by atoms with Crippen molar-refractivity contribution in [3.05, 3.63) is 35.8 Å². The van der Waals surface area contributed by atoms with E-state index in [9.17, 15) is 22.8 Å². The molecule has 0 bridgehead atoms. The SMILES string of the molecule is CC(=O)NC1(C(=O)NC(C)c2cc(C)nc(OCC(F)(F)F)c2)C=NC=CN1. The summed E-state index contributed by atoms with van der Waals surface area (Å²) >= 11 is 0. The smallest absolute Gasteiger partial charge is 0.422 e. The van der Waals surface area contributed by atoms with Crippen LogP contribution >= 0.6 is 0 Å². The van der Waals surface area contributed by atoms with Gasteiger partial charge in [-0.2, -0.15) is 13.2 Å². The Morgan fingerprint density at radius 3 is 2.64 bits per heavy atom. The number of alkyl halides is 3. The van der Waals surface area contributed by atoms with Crippen LogP contribution in [-0.2, 0) is 9.59 Å². The molecule has 0 spiro atoms. The first-order chi connectivity index (χ1) is 13.0. The Balaban J connectivity index is 2.16. The molecule has 0 fully saturated rings. The van der Waals surface area contributed by atoms with Gasteiger partial charge in [0.2, 0.25) is 17.5 Å². The predicted molar refractivity (Wildman–Crippen MR) is 94.4 cm³/mol. The monoisotopic (exact) mass is 399 g/mol. The van der Waals surface area contributed by atoms with Gasteiger partial charge in [0.15, 0.2) is 6.61 Å². The maximum Gasteiger partial charge on any atom is 0.422 e. The molecule has 152 valence electrons. The van der Waals surface area contributed by atoms with E-state index < -0.39 is 36.3 Å². The largest absolute Gasteiger partial charge is 0.468 e. The molecular weight excluding hydrogens is 379 g/mol. The van der Waals surface area contributed by atoms with Crippen molar-refractivity contribution in [1.29, 1.82) is 0 Å². The van der Waals surface area contributed by atoms with E-state index >= 15 is 0 Å². The van der Waals surface area contributed by atoms with Crippen molar-refractivity contribution in [2.75, 3.05) is 6.61 Å². The van der Waals surface area contributed by atoms with Gasteiger partial charge in [0.25, 0.3) is 5.91 Å². The number of nitrogens with one attached hydrogen (secondary N) is 3. The Labute approximate surface area is 159 Å². The summed E-state index contributed by atoms with van der Waals surface area (Å²) in [5, 5.41) is 7.92. The van der Waals surface area contributed by atoms with Crippen LogP contribution in [0.5, 0.6) is 5.88 Å². The van der Waals surface area contributed by atoms with Crippen LogP contribution in [0.3, 0.4) is 0 Å². The van der Waals surface area contributed by atoms with Gasteiger partial charge in [-0.05, 0) is 25.5 Å². The van der Waals surface area contributed by atoms with E-state index in [0.29, 0.717) is 11.3 Å². The minimum atomic E-state index is -4.49. The van der Waals surface area contributed by atoms with Crippen LogP contribution in [0.4, 0.5) is 13.2 Å². The first-order valence-electron chi connectivity index (χ1n) is 8.26. The number of aliphatic imine (C=N–C) groups is 1. The summed E-state index contributed by atoms with van der Waals surface area (Å²) in [5.74, 6) is -1.26. The number of aryl methyl sites for hydroxylation is 1. The van der Waals surface area contributed by atoms with E-state index in [2.05, 4.69) is 30.7 Å². The highest BCUT2D eigenvalue weighted by Crippen LogP contribution is 2.22. The molecule has 1 aliphatic heterocycles. The summed E-state index contributed by atoms with van der Waals surface area (Å²) in [6.07, 6.45) is -0.436. The number of ether oxygens (including phenoxy) is 1. The lowest BCUT2D eigenvalue weighted by molar-refractivity contribution is -0.154. The fraction of sp³-hybridized carbons (Fsp3) is 0.412. The molecule has 11 heteroatoms. The standard InChI is InChI=1S/C17H20F3N5O3/c1-10-6-13(7-14(23-10)28-9-17(18,19)20)11(2)24-15(27)16(25-12(3)26)8-21-4-5-22-16/h4-8,11,22H,9H2,1-3H3,(H,24,27)(H,25,26). The molecule has 2 heterocycles. The molecule has 0 aliphatic carbocycles. The molecule has 3 N–H and O–H groups in total. The molecule has 0 saturated heterocycles. The van der Waals surface area contributed by atoms with Crippen molar-refractivity contribution in [3.63, 3.8) is 0 Å². The third-order valence-corrected chi connectivity index (χ3v) is 3.65. The molecule has 2 rings (SSSR count). The molecule has 8 nitrogen and oxygen atoms in total. The van der Waals surface area contributed by atoms with Crippen molar-refractivity contribution in [2.24, 2.45) is 4.99 Å². The average molecular weight is 399 g/mol. The number of amides is 2. The number of carbonyl (C=O) groups is 2. The van der Waals surface area contributed by atoms with Gasteiger partial charge >= 0.3 is 6.18 Å². The van der Waals surface area contributed by atoms with E-state index in [1.807, 2.05) is 0 Å². The molecule has 0 radical (unpaired) electrons. The van der Waals surface area contributed by atoms with Gasteiger partial charge in [0, 0.05) is 31.1 Å². The van der Waals surface area contributed by atoms with E-state index in [0.717, 1.165) is 0 Å². The average Bonchev–Trinajstić information content (AvgIpc) is 2.59. The summed E-state index contributed by atoms with van der Waals surface area (Å²) in [6.45, 7) is 3.01. The molecule has 1 aliphatic rings. The van der Waals surface area contributed by atoms with Gasteiger partial charge < -0.3 is 20.7 Å². The number of hydrogen-bond donors (Lipinski definition) is 3. The van der Waals surface area contributed by atoms with Gasteiger partial charge in [-0.15, -0.1) is 0 Å². The Morgan fingerprint density at radius 2 is 2.07 bits per heavy atom. The minimum Gasteiger partial charge on any atom is -0.468 e. The summed E-state index contributed by atoms with van der Waals surface area (Å²) in [6, 6.07) is 2.31. The summed E-state index contributed by atoms with van der Waals surface area (Å²) in [4.78, 5) is 32.0. The second-order valence-corrected chi connectivity index (χ2v) is 6.21. The number of hydrogen-bond acceptors (Lipinski definition) is 6. The lowest BCUT2D eigenvalue weighted by atomic mass is 10.1. The van der Waals surface area contributed by atoms with E-state index in [4.69, 9.17) is 0 Å². The quantitative estimate of drug-likeness (QED) is 0.672. The fourth-order valence-electron chi connectivity index (χ4n) is 2.47. The first-order valence-corrected chi connectivity index (χ1v) is 8.26. The zero-order chi connectivity index (χ0) is 20.9. The minimum absolute atomic E-state index is 0.203. The Morgan fingerprint density at radius 1 is 1.36 bits per heavy atom. The van der Waals surface area contributed by atoms with Crippen LogP contribution in [0, 0.1) is 6.92 Å². The van der Waals surface area contributed by atoms with Gasteiger partial charge in [-0.1, -0.05) is 0 Å². The topological polar surface area (TPSA) is 105 Å². The lowest BCUT2D eigenvalue weighted by Crippen LogP contribution is -2.67. The second kappa shape index (κ2) is 8.28. The summed E-state index contributed by atoms with van der Waals surface area (Å²) in [7, 11) is 0. The third-order valence-electron chi connectivity index (χ3n) is 3.65. The normalized spacial score (nSPS) is 19.5. The van der Waals surface area contributed by atoms with Crippen LogP contribution in [-0.4, -0.2) is 41.5 Å². The maximum atomic E-state index is 12.8. The Bertz CT molecular complexity index is 810. The molecule has 2 atom stereocenters. The van der Waals surface area contributed by atoms with Crippen LogP contribution < -0.4 is 20.7 Å². The van der Waals surface area contributed by atoms with E-state index in [1.165, 1.54) is 31.6 Å². The Hall–Kier alpha value is -3.11. The van der Waals surface area contributed by atoms with Crippen LogP contribution in [0.25, 0.3) is 0 Å². The number of nitrogens with zero attached hydrogens (tertiary/aromatic N) is 2. The van der Waals surface area contributed by atoms with Gasteiger partial charge in [0.05, 0.1) is 12.3 Å². The van der Waals surface area contributed by atoms with Crippen LogP contribution in [0.15, 0.2) is 29.5 Å².